The van der Waals surface area contributed by atoms with Crippen molar-refractivity contribution < 1.29 is 13.2 Å². The van der Waals surface area contributed by atoms with E-state index in [2.05, 4.69) is 9.97 Å². The van der Waals surface area contributed by atoms with Crippen LogP contribution in [0.15, 0.2) is 12.4 Å². The van der Waals surface area contributed by atoms with Crippen LogP contribution in [0.2, 0.25) is 0 Å². The molecule has 0 aromatic carbocycles. The molecule has 0 amide bonds. The Morgan fingerprint density at radius 3 is 2.31 bits per heavy atom. The minimum absolute atomic E-state index is 0.0494. The molecule has 0 saturated carbocycles. The minimum atomic E-state index is -4.26. The summed E-state index contributed by atoms with van der Waals surface area (Å²) in [5.74, 6) is 0.0494. The first-order valence-corrected chi connectivity index (χ1v) is 4.81. The summed E-state index contributed by atoms with van der Waals surface area (Å²) in [5.41, 5.74) is 5.69. The zero-order valence-corrected chi connectivity index (χ0v) is 8.83. The Labute approximate surface area is 91.3 Å². The fourth-order valence-corrected chi connectivity index (χ4v) is 1.23. The Balaban J connectivity index is 2.80. The second-order valence-corrected chi connectivity index (χ2v) is 3.35. The molecule has 90 valence electrons. The standard InChI is InChI=1S/C9H13F3N4/c1-2-3-16(6-9(10,11)12)8-14-4-7(13)5-15-8/h4-5H,2-3,6,13H2,1H3. The summed E-state index contributed by atoms with van der Waals surface area (Å²) in [4.78, 5) is 8.63. The number of aromatic nitrogens is 2. The summed E-state index contributed by atoms with van der Waals surface area (Å²) < 4.78 is 36.8. The molecule has 7 heteroatoms. The van der Waals surface area contributed by atoms with Crippen LogP contribution in [0.4, 0.5) is 24.8 Å². The zero-order chi connectivity index (χ0) is 12.2. The van der Waals surface area contributed by atoms with E-state index in [1.165, 1.54) is 12.4 Å². The molecule has 1 aromatic heterocycles. The maximum absolute atomic E-state index is 12.3. The molecule has 1 rings (SSSR count). The molecule has 0 saturated heterocycles. The number of nitrogen functional groups attached to an aromatic ring is 1. The number of rotatable bonds is 4. The molecule has 1 heterocycles. The van der Waals surface area contributed by atoms with Crippen molar-refractivity contribution >= 4 is 11.6 Å². The summed E-state index contributed by atoms with van der Waals surface area (Å²) in [7, 11) is 0. The van der Waals surface area contributed by atoms with Crippen LogP contribution < -0.4 is 10.6 Å². The average Bonchev–Trinajstić information content (AvgIpc) is 2.16. The van der Waals surface area contributed by atoms with Crippen molar-refractivity contribution in [3.63, 3.8) is 0 Å². The summed E-state index contributed by atoms with van der Waals surface area (Å²) in [6, 6.07) is 0. The second kappa shape index (κ2) is 5.00. The molecule has 1 aromatic rings. The van der Waals surface area contributed by atoms with Gasteiger partial charge in [0.05, 0.1) is 18.1 Å². The van der Waals surface area contributed by atoms with E-state index >= 15 is 0 Å². The van der Waals surface area contributed by atoms with E-state index in [0.29, 0.717) is 12.1 Å². The molecule has 0 aliphatic rings. The number of alkyl halides is 3. The maximum atomic E-state index is 12.3. The molecule has 16 heavy (non-hydrogen) atoms. The lowest BCUT2D eigenvalue weighted by atomic mass is 10.4. The second-order valence-electron chi connectivity index (χ2n) is 3.35. The van der Waals surface area contributed by atoms with Gasteiger partial charge in [0, 0.05) is 6.54 Å². The molecule has 0 aliphatic heterocycles. The number of halogens is 3. The quantitative estimate of drug-likeness (QED) is 0.863. The van der Waals surface area contributed by atoms with Gasteiger partial charge in [-0.05, 0) is 6.42 Å². The molecular formula is C9H13F3N4. The molecule has 0 unspecified atom stereocenters. The van der Waals surface area contributed by atoms with Gasteiger partial charge in [-0.1, -0.05) is 6.92 Å². The van der Waals surface area contributed by atoms with E-state index in [0.717, 1.165) is 4.90 Å². The van der Waals surface area contributed by atoms with Crippen molar-refractivity contribution in [2.75, 3.05) is 23.7 Å². The first-order chi connectivity index (χ1) is 7.42. The third kappa shape index (κ3) is 3.92. The highest BCUT2D eigenvalue weighted by Gasteiger charge is 2.31. The number of nitrogens with zero attached hydrogens (tertiary/aromatic N) is 3. The molecular weight excluding hydrogens is 221 g/mol. The van der Waals surface area contributed by atoms with Gasteiger partial charge in [-0.15, -0.1) is 0 Å². The Morgan fingerprint density at radius 1 is 1.31 bits per heavy atom. The molecule has 0 fully saturated rings. The first-order valence-electron chi connectivity index (χ1n) is 4.81. The van der Waals surface area contributed by atoms with Crippen molar-refractivity contribution in [1.82, 2.24) is 9.97 Å². The summed E-state index contributed by atoms with van der Waals surface area (Å²) >= 11 is 0. The van der Waals surface area contributed by atoms with Crippen LogP contribution in [0.1, 0.15) is 13.3 Å². The van der Waals surface area contributed by atoms with Gasteiger partial charge in [-0.25, -0.2) is 9.97 Å². The predicted molar refractivity (Wildman–Crippen MR) is 55.0 cm³/mol. The average molecular weight is 234 g/mol. The van der Waals surface area contributed by atoms with Crippen LogP contribution in [0.25, 0.3) is 0 Å². The largest absolute Gasteiger partial charge is 0.406 e. The van der Waals surface area contributed by atoms with Crippen molar-refractivity contribution in [3.05, 3.63) is 12.4 Å². The van der Waals surface area contributed by atoms with Crippen molar-refractivity contribution in [3.8, 4) is 0 Å². The molecule has 0 bridgehead atoms. The normalized spacial score (nSPS) is 11.5. The van der Waals surface area contributed by atoms with E-state index < -0.39 is 12.7 Å². The van der Waals surface area contributed by atoms with Crippen LogP contribution in [0.3, 0.4) is 0 Å². The number of anilines is 2. The van der Waals surface area contributed by atoms with Crippen LogP contribution in [-0.2, 0) is 0 Å². The Hall–Kier alpha value is -1.53. The molecule has 0 spiro atoms. The number of hydrogen-bond acceptors (Lipinski definition) is 4. The summed E-state index contributed by atoms with van der Waals surface area (Å²) in [6.45, 7) is 0.995. The Morgan fingerprint density at radius 2 is 1.88 bits per heavy atom. The number of hydrogen-bond donors (Lipinski definition) is 1. The molecule has 0 radical (unpaired) electrons. The highest BCUT2D eigenvalue weighted by atomic mass is 19.4. The van der Waals surface area contributed by atoms with E-state index in [1.54, 1.807) is 6.92 Å². The Bertz CT molecular complexity index is 323. The van der Waals surface area contributed by atoms with Gasteiger partial charge in [0.15, 0.2) is 0 Å². The van der Waals surface area contributed by atoms with Gasteiger partial charge in [0.25, 0.3) is 0 Å². The van der Waals surface area contributed by atoms with Gasteiger partial charge in [-0.2, -0.15) is 13.2 Å². The Kier molecular flexibility index (Phi) is 3.92. The van der Waals surface area contributed by atoms with E-state index in [-0.39, 0.29) is 12.5 Å². The fraction of sp³-hybridized carbons (Fsp3) is 0.556. The summed E-state index contributed by atoms with van der Waals surface area (Å²) in [5, 5.41) is 0. The van der Waals surface area contributed by atoms with Crippen molar-refractivity contribution in [2.24, 2.45) is 0 Å². The van der Waals surface area contributed by atoms with Gasteiger partial charge in [0.1, 0.15) is 6.54 Å². The monoisotopic (exact) mass is 234 g/mol. The zero-order valence-electron chi connectivity index (χ0n) is 8.83. The van der Waals surface area contributed by atoms with Gasteiger partial charge in [0.2, 0.25) is 5.95 Å². The van der Waals surface area contributed by atoms with Gasteiger partial charge in [-0.3, -0.25) is 0 Å². The molecule has 0 atom stereocenters. The fourth-order valence-electron chi connectivity index (χ4n) is 1.23. The highest BCUT2D eigenvalue weighted by Crippen LogP contribution is 2.19. The van der Waals surface area contributed by atoms with Crippen LogP contribution >= 0.6 is 0 Å². The third-order valence-electron chi connectivity index (χ3n) is 1.80. The van der Waals surface area contributed by atoms with E-state index in [4.69, 9.17) is 5.73 Å². The molecule has 4 nitrogen and oxygen atoms in total. The SMILES string of the molecule is CCCN(CC(F)(F)F)c1ncc(N)cn1. The minimum Gasteiger partial charge on any atom is -0.396 e. The summed E-state index contributed by atoms with van der Waals surface area (Å²) in [6.07, 6.45) is -1.09. The lowest BCUT2D eigenvalue weighted by Crippen LogP contribution is -2.36. The van der Waals surface area contributed by atoms with Crippen molar-refractivity contribution in [1.29, 1.82) is 0 Å². The lowest BCUT2D eigenvalue weighted by molar-refractivity contribution is -0.119. The first kappa shape index (κ1) is 12.5. The topological polar surface area (TPSA) is 55.0 Å². The van der Waals surface area contributed by atoms with Crippen LogP contribution in [0.5, 0.6) is 0 Å². The van der Waals surface area contributed by atoms with Crippen LogP contribution in [0, 0.1) is 0 Å². The van der Waals surface area contributed by atoms with Crippen molar-refractivity contribution in [2.45, 2.75) is 19.5 Å². The molecule has 2 N–H and O–H groups in total. The molecule has 0 aliphatic carbocycles. The van der Waals surface area contributed by atoms with Gasteiger partial charge >= 0.3 is 6.18 Å². The third-order valence-corrected chi connectivity index (χ3v) is 1.80. The van der Waals surface area contributed by atoms with Crippen LogP contribution in [-0.4, -0.2) is 29.2 Å². The number of nitrogens with two attached hydrogens (primary N) is 1. The highest BCUT2D eigenvalue weighted by molar-refractivity contribution is 5.37. The maximum Gasteiger partial charge on any atom is 0.406 e. The van der Waals surface area contributed by atoms with E-state index in [1.807, 2.05) is 0 Å². The lowest BCUT2D eigenvalue weighted by Gasteiger charge is -2.23. The van der Waals surface area contributed by atoms with E-state index in [9.17, 15) is 13.2 Å². The predicted octanol–water partition coefficient (Wildman–Crippen LogP) is 1.84. The smallest absolute Gasteiger partial charge is 0.396 e. The van der Waals surface area contributed by atoms with Gasteiger partial charge < -0.3 is 10.6 Å².